The van der Waals surface area contributed by atoms with Crippen molar-refractivity contribution < 1.29 is 24.1 Å². The summed E-state index contributed by atoms with van der Waals surface area (Å²) < 4.78 is 16.7. The number of fused-ring (bicyclic) bond motifs is 1. The maximum atomic E-state index is 11.4. The van der Waals surface area contributed by atoms with E-state index in [2.05, 4.69) is 27.2 Å². The van der Waals surface area contributed by atoms with Crippen LogP contribution in [0.25, 0.3) is 0 Å². The van der Waals surface area contributed by atoms with Crippen LogP contribution in [0.2, 0.25) is 0 Å². The lowest BCUT2D eigenvalue weighted by atomic mass is 10.1. The topological polar surface area (TPSA) is 95.9 Å². The lowest BCUT2D eigenvalue weighted by molar-refractivity contribution is 0.0697. The molecule has 0 saturated carbocycles. The molecule has 0 bridgehead atoms. The van der Waals surface area contributed by atoms with Gasteiger partial charge in [0.25, 0.3) is 0 Å². The Morgan fingerprint density at radius 3 is 2.74 bits per heavy atom. The van der Waals surface area contributed by atoms with E-state index < -0.39 is 5.97 Å². The van der Waals surface area contributed by atoms with Crippen molar-refractivity contribution in [3.63, 3.8) is 0 Å². The quantitative estimate of drug-likeness (QED) is 0.496. The molecule has 2 fully saturated rings. The van der Waals surface area contributed by atoms with Gasteiger partial charge in [-0.2, -0.15) is 0 Å². The van der Waals surface area contributed by atoms with Gasteiger partial charge in [0, 0.05) is 45.0 Å². The molecule has 0 amide bonds. The van der Waals surface area contributed by atoms with Crippen molar-refractivity contribution in [2.45, 2.75) is 25.5 Å². The molecule has 5 rings (SSSR count). The molecule has 1 atom stereocenters. The molecular formula is C25H30N4O5. The molecule has 3 heterocycles. The van der Waals surface area contributed by atoms with Crippen molar-refractivity contribution in [2.75, 3.05) is 51.4 Å². The summed E-state index contributed by atoms with van der Waals surface area (Å²) >= 11 is 0. The number of nitrogens with zero attached hydrogens (tertiary/aromatic N) is 3. The Balaban J connectivity index is 1.23. The zero-order valence-corrected chi connectivity index (χ0v) is 19.1. The highest BCUT2D eigenvalue weighted by atomic mass is 16.7. The first-order valence-electron chi connectivity index (χ1n) is 11.8. The van der Waals surface area contributed by atoms with Crippen LogP contribution in [-0.2, 0) is 11.3 Å². The van der Waals surface area contributed by atoms with Gasteiger partial charge in [0.1, 0.15) is 0 Å². The molecule has 3 aliphatic rings. The number of rotatable bonds is 6. The van der Waals surface area contributed by atoms with Crippen LogP contribution in [0.1, 0.15) is 28.8 Å². The maximum absolute atomic E-state index is 11.4. The second kappa shape index (κ2) is 10.3. The predicted octanol–water partition coefficient (Wildman–Crippen LogP) is 2.88. The van der Waals surface area contributed by atoms with Crippen LogP contribution in [0.15, 0.2) is 47.5 Å². The van der Waals surface area contributed by atoms with Crippen molar-refractivity contribution in [3.8, 4) is 11.5 Å². The first-order chi connectivity index (χ1) is 16.6. The average molecular weight is 467 g/mol. The van der Waals surface area contributed by atoms with E-state index in [1.165, 1.54) is 5.56 Å². The Morgan fingerprint density at radius 1 is 1.09 bits per heavy atom. The summed E-state index contributed by atoms with van der Waals surface area (Å²) in [4.78, 5) is 20.9. The van der Waals surface area contributed by atoms with Crippen LogP contribution >= 0.6 is 0 Å². The minimum atomic E-state index is -0.946. The van der Waals surface area contributed by atoms with Gasteiger partial charge in [-0.25, -0.2) is 4.79 Å². The first kappa shape index (κ1) is 22.5. The third-order valence-corrected chi connectivity index (χ3v) is 6.35. The zero-order chi connectivity index (χ0) is 23.3. The zero-order valence-electron chi connectivity index (χ0n) is 19.1. The second-order valence-electron chi connectivity index (χ2n) is 8.76. The van der Waals surface area contributed by atoms with E-state index in [0.717, 1.165) is 69.6 Å². The number of hydrogen-bond acceptors (Lipinski definition) is 6. The van der Waals surface area contributed by atoms with Crippen molar-refractivity contribution in [1.82, 2.24) is 9.80 Å². The molecule has 0 radical (unpaired) electrons. The molecule has 34 heavy (non-hydrogen) atoms. The van der Waals surface area contributed by atoms with Crippen molar-refractivity contribution in [1.29, 1.82) is 0 Å². The van der Waals surface area contributed by atoms with E-state index in [1.807, 2.05) is 12.1 Å². The number of aromatic carboxylic acids is 1. The molecule has 9 nitrogen and oxygen atoms in total. The number of benzene rings is 2. The number of carboxylic acid groups (broad SMARTS) is 1. The molecule has 2 N–H and O–H groups in total. The molecule has 0 aromatic heterocycles. The van der Waals surface area contributed by atoms with Gasteiger partial charge < -0.3 is 29.5 Å². The molecular weight excluding hydrogens is 436 g/mol. The third-order valence-electron chi connectivity index (χ3n) is 6.35. The fourth-order valence-electron chi connectivity index (χ4n) is 4.47. The van der Waals surface area contributed by atoms with Crippen molar-refractivity contribution in [2.24, 2.45) is 4.99 Å². The van der Waals surface area contributed by atoms with Gasteiger partial charge in [0.15, 0.2) is 17.5 Å². The Labute approximate surface area is 198 Å². The number of hydrogen-bond donors (Lipinski definition) is 2. The number of carbonyl (C=O) groups is 1. The predicted molar refractivity (Wildman–Crippen MR) is 128 cm³/mol. The van der Waals surface area contributed by atoms with Crippen molar-refractivity contribution >= 4 is 17.6 Å². The normalized spacial score (nSPS) is 20.5. The Kier molecular flexibility index (Phi) is 6.82. The molecule has 0 aliphatic carbocycles. The molecule has 9 heteroatoms. The van der Waals surface area contributed by atoms with Gasteiger partial charge in [-0.3, -0.25) is 9.89 Å². The average Bonchev–Trinajstić information content (AvgIpc) is 3.54. The molecule has 180 valence electrons. The summed E-state index contributed by atoms with van der Waals surface area (Å²) in [6.07, 6.45) is 2.24. The molecule has 0 spiro atoms. The van der Waals surface area contributed by atoms with Gasteiger partial charge in [0.05, 0.1) is 18.2 Å². The van der Waals surface area contributed by atoms with E-state index in [4.69, 9.17) is 19.2 Å². The number of piperazine rings is 1. The molecule has 2 saturated heterocycles. The summed E-state index contributed by atoms with van der Waals surface area (Å²) in [5.74, 6) is 1.44. The minimum absolute atomic E-state index is 0.148. The van der Waals surface area contributed by atoms with Gasteiger partial charge in [-0.1, -0.05) is 12.1 Å². The van der Waals surface area contributed by atoms with E-state index in [1.54, 1.807) is 18.2 Å². The summed E-state index contributed by atoms with van der Waals surface area (Å²) in [6.45, 7) is 5.95. The smallest absolute Gasteiger partial charge is 0.335 e. The SMILES string of the molecule is O=C(O)c1cccc(NC(=NC[C@@H]2CCCO2)N2CCN(Cc3ccc4c(c3)OCO4)CC2)c1. The highest BCUT2D eigenvalue weighted by molar-refractivity contribution is 5.95. The van der Waals surface area contributed by atoms with Gasteiger partial charge >= 0.3 is 5.97 Å². The Bertz CT molecular complexity index is 1050. The summed E-state index contributed by atoms with van der Waals surface area (Å²) in [5, 5.41) is 12.7. The van der Waals surface area contributed by atoms with Crippen LogP contribution in [0.3, 0.4) is 0 Å². The number of nitrogens with one attached hydrogen (secondary N) is 1. The van der Waals surface area contributed by atoms with Gasteiger partial charge in [0.2, 0.25) is 6.79 Å². The van der Waals surface area contributed by atoms with Crippen LogP contribution in [0.5, 0.6) is 11.5 Å². The van der Waals surface area contributed by atoms with Gasteiger partial charge in [-0.15, -0.1) is 0 Å². The Morgan fingerprint density at radius 2 is 1.94 bits per heavy atom. The highest BCUT2D eigenvalue weighted by Gasteiger charge is 2.23. The fourth-order valence-corrected chi connectivity index (χ4v) is 4.47. The molecule has 0 unspecified atom stereocenters. The molecule has 2 aromatic carbocycles. The number of aliphatic imine (C=N–C) groups is 1. The van der Waals surface area contributed by atoms with Gasteiger partial charge in [-0.05, 0) is 48.7 Å². The number of carboxylic acids is 1. The standard InChI is InChI=1S/C25H30N4O5/c30-24(31)19-3-1-4-20(14-19)27-25(26-15-21-5-2-12-32-21)29-10-8-28(9-11-29)16-18-6-7-22-23(13-18)34-17-33-22/h1,3-4,6-7,13-14,21H,2,5,8-12,15-17H2,(H,26,27)(H,30,31)/t21-/m0/s1. The van der Waals surface area contributed by atoms with Crippen LogP contribution in [0.4, 0.5) is 5.69 Å². The van der Waals surface area contributed by atoms with Crippen LogP contribution in [-0.4, -0.2) is 79.1 Å². The third kappa shape index (κ3) is 5.43. The van der Waals surface area contributed by atoms with E-state index in [-0.39, 0.29) is 18.5 Å². The van der Waals surface area contributed by atoms with E-state index >= 15 is 0 Å². The van der Waals surface area contributed by atoms with E-state index in [0.29, 0.717) is 12.2 Å². The lowest BCUT2D eigenvalue weighted by Gasteiger charge is -2.36. The summed E-state index contributed by atoms with van der Waals surface area (Å²) in [5.41, 5.74) is 2.17. The number of ether oxygens (including phenoxy) is 3. The number of guanidine groups is 1. The van der Waals surface area contributed by atoms with Crippen LogP contribution in [0, 0.1) is 0 Å². The lowest BCUT2D eigenvalue weighted by Crippen LogP contribution is -2.50. The van der Waals surface area contributed by atoms with Crippen molar-refractivity contribution in [3.05, 3.63) is 53.6 Å². The monoisotopic (exact) mass is 466 g/mol. The largest absolute Gasteiger partial charge is 0.478 e. The van der Waals surface area contributed by atoms with E-state index in [9.17, 15) is 9.90 Å². The summed E-state index contributed by atoms with van der Waals surface area (Å²) in [6, 6.07) is 13.0. The maximum Gasteiger partial charge on any atom is 0.335 e. The Hall–Kier alpha value is -3.30. The first-order valence-corrected chi connectivity index (χ1v) is 11.8. The highest BCUT2D eigenvalue weighted by Crippen LogP contribution is 2.32. The number of anilines is 1. The van der Waals surface area contributed by atoms with Crippen LogP contribution < -0.4 is 14.8 Å². The molecule has 3 aliphatic heterocycles. The minimum Gasteiger partial charge on any atom is -0.478 e. The fraction of sp³-hybridized carbons (Fsp3) is 0.440. The molecule has 2 aromatic rings. The summed E-state index contributed by atoms with van der Waals surface area (Å²) in [7, 11) is 0. The second-order valence-corrected chi connectivity index (χ2v) is 8.76.